The number of aliphatic hydroxyl groups is 1. The number of aliphatic hydroxyl groups excluding tert-OH is 1. The van der Waals surface area contributed by atoms with Gasteiger partial charge in [-0.15, -0.1) is 0 Å². The summed E-state index contributed by atoms with van der Waals surface area (Å²) in [5, 5.41) is 11.9. The van der Waals surface area contributed by atoms with E-state index in [1.165, 1.54) is 7.11 Å². The van der Waals surface area contributed by atoms with Crippen LogP contribution in [-0.2, 0) is 4.74 Å². The predicted molar refractivity (Wildman–Crippen MR) is 36.2 cm³/mol. The highest BCUT2D eigenvalue weighted by Gasteiger charge is 2.05. The van der Waals surface area contributed by atoms with Crippen molar-refractivity contribution in [2.75, 3.05) is 14.2 Å². The van der Waals surface area contributed by atoms with E-state index in [4.69, 9.17) is 5.11 Å². The van der Waals surface area contributed by atoms with E-state index < -0.39 is 6.29 Å². The van der Waals surface area contributed by atoms with Crippen molar-refractivity contribution >= 4 is 0 Å². The van der Waals surface area contributed by atoms with E-state index in [0.29, 0.717) is 12.5 Å². The van der Waals surface area contributed by atoms with Crippen LogP contribution in [0.15, 0.2) is 0 Å². The van der Waals surface area contributed by atoms with Crippen LogP contribution in [0.5, 0.6) is 0 Å². The monoisotopic (exact) mass is 133 g/mol. The molecule has 0 rings (SSSR count). The van der Waals surface area contributed by atoms with E-state index in [2.05, 4.69) is 10.1 Å². The molecule has 0 aromatic rings. The molecule has 3 nitrogen and oxygen atoms in total. The van der Waals surface area contributed by atoms with Crippen LogP contribution in [0.2, 0.25) is 0 Å². The topological polar surface area (TPSA) is 41.5 Å². The molecular weight excluding hydrogens is 118 g/mol. The Hall–Kier alpha value is -0.120. The molecule has 0 aliphatic heterocycles. The largest absolute Gasteiger partial charge is 0.368 e. The molecule has 0 bridgehead atoms. The third-order valence-electron chi connectivity index (χ3n) is 1.32. The van der Waals surface area contributed by atoms with Gasteiger partial charge in [-0.1, -0.05) is 0 Å². The Morgan fingerprint density at radius 3 is 2.56 bits per heavy atom. The van der Waals surface area contributed by atoms with Gasteiger partial charge in [-0.25, -0.2) is 0 Å². The molecule has 2 N–H and O–H groups in total. The Morgan fingerprint density at radius 1 is 1.67 bits per heavy atom. The molecule has 2 unspecified atom stereocenters. The summed E-state index contributed by atoms with van der Waals surface area (Å²) in [5.74, 6) is 0. The SMILES string of the molecule is CNC(C)CC(O)OC. The number of ether oxygens (including phenoxy) is 1. The Bertz CT molecular complexity index is 60.1. The Kier molecular flexibility index (Phi) is 4.67. The van der Waals surface area contributed by atoms with Gasteiger partial charge in [-0.3, -0.25) is 0 Å². The fourth-order valence-corrected chi connectivity index (χ4v) is 0.517. The van der Waals surface area contributed by atoms with Crippen LogP contribution in [0.3, 0.4) is 0 Å². The lowest BCUT2D eigenvalue weighted by Crippen LogP contribution is -2.27. The molecule has 56 valence electrons. The smallest absolute Gasteiger partial charge is 0.155 e. The number of nitrogens with one attached hydrogen (secondary N) is 1. The summed E-state index contributed by atoms with van der Waals surface area (Å²) >= 11 is 0. The van der Waals surface area contributed by atoms with Crippen molar-refractivity contribution in [2.45, 2.75) is 25.7 Å². The summed E-state index contributed by atoms with van der Waals surface area (Å²) in [7, 11) is 3.35. The second-order valence-corrected chi connectivity index (χ2v) is 2.12. The number of rotatable bonds is 4. The second kappa shape index (κ2) is 4.73. The molecule has 0 heterocycles. The van der Waals surface area contributed by atoms with Crippen LogP contribution >= 0.6 is 0 Å². The van der Waals surface area contributed by atoms with Gasteiger partial charge in [0.2, 0.25) is 0 Å². The maximum atomic E-state index is 8.90. The van der Waals surface area contributed by atoms with Crippen LogP contribution in [0, 0.1) is 0 Å². The molecule has 0 saturated carbocycles. The highest BCUT2D eigenvalue weighted by Crippen LogP contribution is 1.96. The summed E-state index contributed by atoms with van der Waals surface area (Å²) in [4.78, 5) is 0. The van der Waals surface area contributed by atoms with E-state index in [1.54, 1.807) is 0 Å². The highest BCUT2D eigenvalue weighted by molar-refractivity contribution is 4.57. The zero-order valence-electron chi connectivity index (χ0n) is 6.22. The maximum Gasteiger partial charge on any atom is 0.155 e. The van der Waals surface area contributed by atoms with Gasteiger partial charge in [-0.05, 0) is 14.0 Å². The Morgan fingerprint density at radius 2 is 2.22 bits per heavy atom. The predicted octanol–water partition coefficient (Wildman–Crippen LogP) is -0.0508. The summed E-state index contributed by atoms with van der Waals surface area (Å²) in [5.41, 5.74) is 0. The van der Waals surface area contributed by atoms with Gasteiger partial charge in [0.25, 0.3) is 0 Å². The second-order valence-electron chi connectivity index (χ2n) is 2.12. The summed E-state index contributed by atoms with van der Waals surface area (Å²) in [6.07, 6.45) is -0.0000463. The van der Waals surface area contributed by atoms with Crippen molar-refractivity contribution in [3.05, 3.63) is 0 Å². The Labute approximate surface area is 56.0 Å². The van der Waals surface area contributed by atoms with E-state index in [-0.39, 0.29) is 0 Å². The number of hydrogen-bond donors (Lipinski definition) is 2. The van der Waals surface area contributed by atoms with Crippen molar-refractivity contribution in [2.24, 2.45) is 0 Å². The zero-order chi connectivity index (χ0) is 7.28. The summed E-state index contributed by atoms with van der Waals surface area (Å²) < 4.78 is 4.64. The van der Waals surface area contributed by atoms with Crippen molar-refractivity contribution < 1.29 is 9.84 Å². The molecular formula is C6H15NO2. The maximum absolute atomic E-state index is 8.90. The van der Waals surface area contributed by atoms with Gasteiger partial charge >= 0.3 is 0 Å². The molecule has 0 spiro atoms. The average molecular weight is 133 g/mol. The van der Waals surface area contributed by atoms with Crippen LogP contribution in [0.1, 0.15) is 13.3 Å². The molecule has 0 aromatic heterocycles. The van der Waals surface area contributed by atoms with Crippen LogP contribution < -0.4 is 5.32 Å². The average Bonchev–Trinajstić information content (AvgIpc) is 1.87. The quantitative estimate of drug-likeness (QED) is 0.528. The molecule has 2 atom stereocenters. The number of methoxy groups -OCH3 is 1. The summed E-state index contributed by atoms with van der Waals surface area (Å²) in [6.45, 7) is 1.99. The molecule has 0 aliphatic rings. The van der Waals surface area contributed by atoms with Gasteiger partial charge in [0.1, 0.15) is 0 Å². The molecule has 0 fully saturated rings. The highest BCUT2D eigenvalue weighted by atomic mass is 16.6. The van der Waals surface area contributed by atoms with E-state index in [1.807, 2.05) is 14.0 Å². The van der Waals surface area contributed by atoms with Crippen LogP contribution in [0.4, 0.5) is 0 Å². The molecule has 0 aliphatic carbocycles. The van der Waals surface area contributed by atoms with E-state index >= 15 is 0 Å². The fraction of sp³-hybridized carbons (Fsp3) is 1.00. The van der Waals surface area contributed by atoms with Crippen molar-refractivity contribution in [1.29, 1.82) is 0 Å². The molecule has 9 heavy (non-hydrogen) atoms. The lowest BCUT2D eigenvalue weighted by molar-refractivity contribution is -0.0821. The molecule has 0 aromatic carbocycles. The number of hydrogen-bond acceptors (Lipinski definition) is 3. The summed E-state index contributed by atoms with van der Waals surface area (Å²) in [6, 6.07) is 0.306. The van der Waals surface area contributed by atoms with Gasteiger partial charge in [0.05, 0.1) is 0 Å². The van der Waals surface area contributed by atoms with E-state index in [0.717, 1.165) is 0 Å². The minimum atomic E-state index is -0.632. The molecule has 0 saturated heterocycles. The van der Waals surface area contributed by atoms with Crippen LogP contribution in [0.25, 0.3) is 0 Å². The van der Waals surface area contributed by atoms with Crippen LogP contribution in [-0.4, -0.2) is 31.6 Å². The van der Waals surface area contributed by atoms with Gasteiger partial charge < -0.3 is 15.2 Å². The minimum absolute atomic E-state index is 0.306. The normalized spacial score (nSPS) is 17.3. The standard InChI is InChI=1S/C6H15NO2/c1-5(7-2)4-6(8)9-3/h5-8H,4H2,1-3H3. The minimum Gasteiger partial charge on any atom is -0.368 e. The third-order valence-corrected chi connectivity index (χ3v) is 1.32. The third kappa shape index (κ3) is 4.39. The van der Waals surface area contributed by atoms with E-state index in [9.17, 15) is 0 Å². The van der Waals surface area contributed by atoms with Gasteiger partial charge in [-0.2, -0.15) is 0 Å². The molecule has 0 radical (unpaired) electrons. The first-order chi connectivity index (χ1) is 4.20. The first-order valence-corrected chi connectivity index (χ1v) is 3.08. The fourth-order valence-electron chi connectivity index (χ4n) is 0.517. The van der Waals surface area contributed by atoms with Crippen molar-refractivity contribution in [3.8, 4) is 0 Å². The first kappa shape index (κ1) is 8.88. The Balaban J connectivity index is 3.22. The van der Waals surface area contributed by atoms with Gasteiger partial charge in [0, 0.05) is 19.6 Å². The van der Waals surface area contributed by atoms with Crippen molar-refractivity contribution in [3.63, 3.8) is 0 Å². The van der Waals surface area contributed by atoms with Gasteiger partial charge in [0.15, 0.2) is 6.29 Å². The van der Waals surface area contributed by atoms with Crippen molar-refractivity contribution in [1.82, 2.24) is 5.32 Å². The first-order valence-electron chi connectivity index (χ1n) is 3.08. The lowest BCUT2D eigenvalue weighted by Gasteiger charge is -2.13. The lowest BCUT2D eigenvalue weighted by atomic mass is 10.2. The zero-order valence-corrected chi connectivity index (χ0v) is 6.22. The molecule has 0 amide bonds. The molecule has 3 heteroatoms.